The van der Waals surface area contributed by atoms with Crippen LogP contribution in [0.5, 0.6) is 0 Å². The molecular weight excluding hydrogens is 242 g/mol. The van der Waals surface area contributed by atoms with Crippen LogP contribution in [0.4, 0.5) is 0 Å². The lowest BCUT2D eigenvalue weighted by atomic mass is 9.92. The predicted molar refractivity (Wildman–Crippen MR) is 87.3 cm³/mol. The molecule has 0 spiro atoms. The molecule has 20 heavy (non-hydrogen) atoms. The van der Waals surface area contributed by atoms with E-state index in [4.69, 9.17) is 0 Å². The van der Waals surface area contributed by atoms with Gasteiger partial charge < -0.3 is 5.32 Å². The normalized spacial score (nSPS) is 12.3. The van der Waals surface area contributed by atoms with Crippen molar-refractivity contribution in [1.82, 2.24) is 5.32 Å². The molecule has 0 fully saturated rings. The van der Waals surface area contributed by atoms with E-state index in [0.29, 0.717) is 5.92 Å². The van der Waals surface area contributed by atoms with Crippen molar-refractivity contribution >= 4 is 0 Å². The summed E-state index contributed by atoms with van der Waals surface area (Å²) in [5.41, 5.74) is 4.30. The summed E-state index contributed by atoms with van der Waals surface area (Å²) in [6, 6.07) is 19.9. The molecule has 0 aromatic heterocycles. The molecule has 2 rings (SSSR count). The van der Waals surface area contributed by atoms with E-state index in [1.165, 1.54) is 23.1 Å². The molecule has 0 aliphatic carbocycles. The molecule has 0 heterocycles. The first-order valence-electron chi connectivity index (χ1n) is 7.60. The van der Waals surface area contributed by atoms with Crippen LogP contribution >= 0.6 is 0 Å². The van der Waals surface area contributed by atoms with Crippen LogP contribution in [0.3, 0.4) is 0 Å². The Labute approximate surface area is 123 Å². The quantitative estimate of drug-likeness (QED) is 0.793. The lowest BCUT2D eigenvalue weighted by Gasteiger charge is -2.17. The van der Waals surface area contributed by atoms with Crippen molar-refractivity contribution in [2.75, 3.05) is 13.6 Å². The maximum Gasteiger partial charge on any atom is 0.00172 e. The molecule has 1 heteroatoms. The van der Waals surface area contributed by atoms with Gasteiger partial charge in [0.1, 0.15) is 0 Å². The van der Waals surface area contributed by atoms with Crippen molar-refractivity contribution < 1.29 is 0 Å². The Morgan fingerprint density at radius 1 is 0.900 bits per heavy atom. The topological polar surface area (TPSA) is 12.0 Å². The van der Waals surface area contributed by atoms with E-state index in [9.17, 15) is 0 Å². The van der Waals surface area contributed by atoms with Gasteiger partial charge in [0.25, 0.3) is 0 Å². The summed E-state index contributed by atoms with van der Waals surface area (Å²) >= 11 is 0. The first-order chi connectivity index (χ1) is 9.83. The van der Waals surface area contributed by atoms with Crippen LogP contribution in [0.25, 0.3) is 0 Å². The fourth-order valence-electron chi connectivity index (χ4n) is 2.64. The molecule has 1 nitrogen and oxygen atoms in total. The lowest BCUT2D eigenvalue weighted by Crippen LogP contribution is -2.17. The summed E-state index contributed by atoms with van der Waals surface area (Å²) in [7, 11) is 2.03. The fourth-order valence-corrected chi connectivity index (χ4v) is 2.64. The highest BCUT2D eigenvalue weighted by Gasteiger charge is 2.10. The molecule has 1 unspecified atom stereocenters. The summed E-state index contributed by atoms with van der Waals surface area (Å²) in [4.78, 5) is 0. The number of aryl methyl sites for hydroxylation is 2. The number of benzene rings is 2. The molecule has 0 bridgehead atoms. The van der Waals surface area contributed by atoms with Gasteiger partial charge in [0.15, 0.2) is 0 Å². The first kappa shape index (κ1) is 14.8. The SMILES string of the molecule is CCc1ccc(CCC(CNC)c2ccccc2)cc1. The van der Waals surface area contributed by atoms with E-state index in [1.54, 1.807) is 0 Å². The minimum Gasteiger partial charge on any atom is -0.319 e. The summed E-state index contributed by atoms with van der Waals surface area (Å²) < 4.78 is 0. The number of nitrogens with one attached hydrogen (secondary N) is 1. The van der Waals surface area contributed by atoms with Gasteiger partial charge in [-0.25, -0.2) is 0 Å². The van der Waals surface area contributed by atoms with Gasteiger partial charge in [-0.15, -0.1) is 0 Å². The number of likely N-dealkylation sites (N-methyl/N-ethyl adjacent to an activating group) is 1. The van der Waals surface area contributed by atoms with Crippen LogP contribution in [0.1, 0.15) is 36.0 Å². The van der Waals surface area contributed by atoms with Crippen LogP contribution in [0.2, 0.25) is 0 Å². The highest BCUT2D eigenvalue weighted by molar-refractivity contribution is 5.24. The Kier molecular flexibility index (Phi) is 5.82. The Hall–Kier alpha value is -1.60. The second kappa shape index (κ2) is 7.86. The molecule has 0 saturated carbocycles. The van der Waals surface area contributed by atoms with Crippen molar-refractivity contribution in [1.29, 1.82) is 0 Å². The monoisotopic (exact) mass is 267 g/mol. The average Bonchev–Trinajstić information content (AvgIpc) is 2.53. The van der Waals surface area contributed by atoms with E-state index in [2.05, 4.69) is 66.8 Å². The van der Waals surface area contributed by atoms with Gasteiger partial charge in [-0.3, -0.25) is 0 Å². The van der Waals surface area contributed by atoms with Crippen LogP contribution in [-0.2, 0) is 12.8 Å². The smallest absolute Gasteiger partial charge is 0.00172 e. The lowest BCUT2D eigenvalue weighted by molar-refractivity contribution is 0.584. The standard InChI is InChI=1S/C19H25N/c1-3-16-9-11-17(12-10-16)13-14-19(15-20-2)18-7-5-4-6-8-18/h4-12,19-20H,3,13-15H2,1-2H3. The Morgan fingerprint density at radius 2 is 1.55 bits per heavy atom. The van der Waals surface area contributed by atoms with Crippen molar-refractivity contribution in [2.45, 2.75) is 32.1 Å². The van der Waals surface area contributed by atoms with Gasteiger partial charge in [0.05, 0.1) is 0 Å². The van der Waals surface area contributed by atoms with Crippen LogP contribution in [0, 0.1) is 0 Å². The van der Waals surface area contributed by atoms with Crippen LogP contribution < -0.4 is 5.32 Å². The van der Waals surface area contributed by atoms with E-state index >= 15 is 0 Å². The van der Waals surface area contributed by atoms with E-state index in [-0.39, 0.29) is 0 Å². The summed E-state index contributed by atoms with van der Waals surface area (Å²) in [6.45, 7) is 3.24. The Balaban J connectivity index is 1.98. The maximum absolute atomic E-state index is 3.32. The summed E-state index contributed by atoms with van der Waals surface area (Å²) in [5.74, 6) is 0.590. The van der Waals surface area contributed by atoms with Gasteiger partial charge in [0.2, 0.25) is 0 Å². The minimum atomic E-state index is 0.590. The highest BCUT2D eigenvalue weighted by atomic mass is 14.8. The number of hydrogen-bond acceptors (Lipinski definition) is 1. The largest absolute Gasteiger partial charge is 0.319 e. The third-order valence-electron chi connectivity index (χ3n) is 3.93. The highest BCUT2D eigenvalue weighted by Crippen LogP contribution is 2.21. The Bertz CT molecular complexity index is 487. The van der Waals surface area contributed by atoms with E-state index in [1.807, 2.05) is 7.05 Å². The molecule has 2 aromatic rings. The molecule has 1 N–H and O–H groups in total. The molecule has 0 radical (unpaired) electrons. The molecule has 0 amide bonds. The molecular formula is C19H25N. The van der Waals surface area contributed by atoms with Gasteiger partial charge in [-0.05, 0) is 48.9 Å². The number of rotatable bonds is 7. The fraction of sp³-hybridized carbons (Fsp3) is 0.368. The maximum atomic E-state index is 3.32. The van der Waals surface area contributed by atoms with Crippen molar-refractivity contribution in [3.63, 3.8) is 0 Å². The second-order valence-corrected chi connectivity index (χ2v) is 5.37. The summed E-state index contributed by atoms with van der Waals surface area (Å²) in [6.07, 6.45) is 3.45. The van der Waals surface area contributed by atoms with Crippen molar-refractivity contribution in [3.8, 4) is 0 Å². The molecule has 2 aromatic carbocycles. The third-order valence-corrected chi connectivity index (χ3v) is 3.93. The molecule has 0 saturated heterocycles. The molecule has 106 valence electrons. The van der Waals surface area contributed by atoms with Gasteiger partial charge in [-0.2, -0.15) is 0 Å². The van der Waals surface area contributed by atoms with Crippen LogP contribution in [0.15, 0.2) is 54.6 Å². The zero-order chi connectivity index (χ0) is 14.2. The molecule has 0 aliphatic heterocycles. The second-order valence-electron chi connectivity index (χ2n) is 5.37. The van der Waals surface area contributed by atoms with Gasteiger partial charge in [0, 0.05) is 6.54 Å². The van der Waals surface area contributed by atoms with Gasteiger partial charge in [-0.1, -0.05) is 61.5 Å². The van der Waals surface area contributed by atoms with E-state index in [0.717, 1.165) is 19.4 Å². The minimum absolute atomic E-state index is 0.590. The molecule has 1 atom stereocenters. The molecule has 0 aliphatic rings. The zero-order valence-corrected chi connectivity index (χ0v) is 12.6. The zero-order valence-electron chi connectivity index (χ0n) is 12.6. The predicted octanol–water partition coefficient (Wildman–Crippen LogP) is 4.18. The summed E-state index contributed by atoms with van der Waals surface area (Å²) in [5, 5.41) is 3.32. The van der Waals surface area contributed by atoms with Crippen molar-refractivity contribution in [2.24, 2.45) is 0 Å². The third kappa shape index (κ3) is 4.21. The van der Waals surface area contributed by atoms with Crippen LogP contribution in [-0.4, -0.2) is 13.6 Å². The number of hydrogen-bond donors (Lipinski definition) is 1. The first-order valence-corrected chi connectivity index (χ1v) is 7.60. The Morgan fingerprint density at radius 3 is 2.15 bits per heavy atom. The van der Waals surface area contributed by atoms with Crippen molar-refractivity contribution in [3.05, 3.63) is 71.3 Å². The van der Waals surface area contributed by atoms with E-state index < -0.39 is 0 Å². The average molecular weight is 267 g/mol. The van der Waals surface area contributed by atoms with Gasteiger partial charge >= 0.3 is 0 Å².